The molecule has 0 atom stereocenters. The van der Waals surface area contributed by atoms with E-state index >= 15 is 0 Å². The smallest absolute Gasteiger partial charge is 0.319 e. The number of urea groups is 1. The molecule has 8 nitrogen and oxygen atoms in total. The quantitative estimate of drug-likeness (QED) is 0.672. The minimum atomic E-state index is -0.303. The monoisotopic (exact) mass is 338 g/mol. The molecule has 0 radical (unpaired) electrons. The number of para-hydroxylation sites is 1. The number of hydrogen-bond acceptors (Lipinski definition) is 5. The first-order valence-corrected chi connectivity index (χ1v) is 7.79. The zero-order valence-corrected chi connectivity index (χ0v) is 13.7. The summed E-state index contributed by atoms with van der Waals surface area (Å²) in [6, 6.07) is 14.7. The topological polar surface area (TPSA) is 94.0 Å². The molecule has 3 aromatic rings. The van der Waals surface area contributed by atoms with Crippen molar-refractivity contribution in [2.24, 2.45) is 0 Å². The van der Waals surface area contributed by atoms with Crippen LogP contribution in [0.4, 0.5) is 10.5 Å². The van der Waals surface area contributed by atoms with Crippen molar-refractivity contribution in [1.29, 1.82) is 0 Å². The number of aromatic nitrogens is 4. The highest BCUT2D eigenvalue weighted by atomic mass is 16.5. The van der Waals surface area contributed by atoms with Crippen molar-refractivity contribution < 1.29 is 9.53 Å². The molecular weight excluding hydrogens is 320 g/mol. The number of nitrogens with one attached hydrogen (secondary N) is 2. The van der Waals surface area contributed by atoms with E-state index in [0.717, 1.165) is 17.0 Å². The number of anilines is 1. The SMILES string of the molecule is Cc1ccc(NC(=O)NCCOc2ccccc2)cc1-n1cnnn1. The minimum Gasteiger partial charge on any atom is -0.492 e. The Kier molecular flexibility index (Phi) is 5.20. The highest BCUT2D eigenvalue weighted by molar-refractivity contribution is 5.89. The number of nitrogens with zero attached hydrogens (tertiary/aromatic N) is 4. The molecule has 0 unspecified atom stereocenters. The second-order valence-corrected chi connectivity index (χ2v) is 5.30. The highest BCUT2D eigenvalue weighted by Crippen LogP contribution is 2.18. The highest BCUT2D eigenvalue weighted by Gasteiger charge is 2.07. The first kappa shape index (κ1) is 16.4. The third-order valence-electron chi connectivity index (χ3n) is 3.46. The van der Waals surface area contributed by atoms with Gasteiger partial charge in [0.1, 0.15) is 18.7 Å². The fraction of sp³-hybridized carbons (Fsp3) is 0.176. The Morgan fingerprint density at radius 2 is 2.04 bits per heavy atom. The van der Waals surface area contributed by atoms with Crippen molar-refractivity contribution >= 4 is 11.7 Å². The van der Waals surface area contributed by atoms with E-state index in [0.29, 0.717) is 18.8 Å². The molecule has 2 N–H and O–H groups in total. The molecule has 0 saturated heterocycles. The number of hydrogen-bond donors (Lipinski definition) is 2. The minimum absolute atomic E-state index is 0.303. The van der Waals surface area contributed by atoms with Crippen LogP contribution in [0.5, 0.6) is 5.75 Å². The maximum Gasteiger partial charge on any atom is 0.319 e. The van der Waals surface area contributed by atoms with Crippen molar-refractivity contribution in [2.75, 3.05) is 18.5 Å². The van der Waals surface area contributed by atoms with Gasteiger partial charge in [-0.1, -0.05) is 24.3 Å². The Balaban J connectivity index is 1.50. The molecule has 0 fully saturated rings. The number of carbonyl (C=O) groups excluding carboxylic acids is 1. The molecule has 0 aliphatic heterocycles. The zero-order chi connectivity index (χ0) is 17.5. The summed E-state index contributed by atoms with van der Waals surface area (Å²) in [7, 11) is 0. The average molecular weight is 338 g/mol. The predicted octanol–water partition coefficient (Wildman–Crippen LogP) is 2.17. The molecule has 2 amide bonds. The van der Waals surface area contributed by atoms with Gasteiger partial charge in [-0.15, -0.1) is 5.10 Å². The Bertz CT molecular complexity index is 820. The summed E-state index contributed by atoms with van der Waals surface area (Å²) >= 11 is 0. The van der Waals surface area contributed by atoms with Gasteiger partial charge in [-0.2, -0.15) is 0 Å². The van der Waals surface area contributed by atoms with Crippen molar-refractivity contribution in [1.82, 2.24) is 25.5 Å². The van der Waals surface area contributed by atoms with Gasteiger partial charge in [0.25, 0.3) is 0 Å². The van der Waals surface area contributed by atoms with Gasteiger partial charge in [-0.05, 0) is 47.2 Å². The number of tetrazole rings is 1. The molecule has 0 aliphatic rings. The first-order valence-electron chi connectivity index (χ1n) is 7.79. The van der Waals surface area contributed by atoms with Crippen LogP contribution in [0.1, 0.15) is 5.56 Å². The average Bonchev–Trinajstić information content (AvgIpc) is 3.16. The molecule has 2 aromatic carbocycles. The second-order valence-electron chi connectivity index (χ2n) is 5.30. The first-order chi connectivity index (χ1) is 12.2. The summed E-state index contributed by atoms with van der Waals surface area (Å²) in [6.07, 6.45) is 1.51. The summed E-state index contributed by atoms with van der Waals surface area (Å²) in [5.74, 6) is 0.773. The largest absolute Gasteiger partial charge is 0.492 e. The Hall–Kier alpha value is -3.42. The predicted molar refractivity (Wildman–Crippen MR) is 92.8 cm³/mol. The van der Waals surface area contributed by atoms with Crippen LogP contribution in [-0.2, 0) is 0 Å². The maximum atomic E-state index is 12.0. The molecular formula is C17H18N6O2. The van der Waals surface area contributed by atoms with Crippen LogP contribution in [0.25, 0.3) is 5.69 Å². The van der Waals surface area contributed by atoms with Crippen LogP contribution in [0.3, 0.4) is 0 Å². The van der Waals surface area contributed by atoms with Crippen LogP contribution in [0.2, 0.25) is 0 Å². The Morgan fingerprint density at radius 1 is 1.20 bits per heavy atom. The van der Waals surface area contributed by atoms with Crippen LogP contribution in [0, 0.1) is 6.92 Å². The molecule has 1 aromatic heterocycles. The molecule has 0 aliphatic carbocycles. The maximum absolute atomic E-state index is 12.0. The van der Waals surface area contributed by atoms with E-state index in [1.54, 1.807) is 4.68 Å². The van der Waals surface area contributed by atoms with Crippen LogP contribution in [0.15, 0.2) is 54.9 Å². The van der Waals surface area contributed by atoms with Crippen LogP contribution in [-0.4, -0.2) is 39.4 Å². The summed E-state index contributed by atoms with van der Waals surface area (Å²) in [5.41, 5.74) is 2.45. The molecule has 0 saturated carbocycles. The van der Waals surface area contributed by atoms with E-state index in [4.69, 9.17) is 4.74 Å². The Labute approximate surface area is 144 Å². The number of ether oxygens (including phenoxy) is 1. The fourth-order valence-corrected chi connectivity index (χ4v) is 2.23. The second kappa shape index (κ2) is 7.91. The van der Waals surface area contributed by atoms with E-state index in [1.165, 1.54) is 6.33 Å². The lowest BCUT2D eigenvalue weighted by atomic mass is 10.2. The molecule has 8 heteroatoms. The van der Waals surface area contributed by atoms with E-state index in [1.807, 2.05) is 55.5 Å². The lowest BCUT2D eigenvalue weighted by molar-refractivity contribution is 0.247. The standard InChI is InChI=1S/C17H18N6O2/c1-13-7-8-14(11-16(13)23-12-19-21-22-23)20-17(24)18-9-10-25-15-5-3-2-4-6-15/h2-8,11-12H,9-10H2,1H3,(H2,18,20,24). The number of amides is 2. The van der Waals surface area contributed by atoms with Gasteiger partial charge >= 0.3 is 6.03 Å². The van der Waals surface area contributed by atoms with E-state index in [2.05, 4.69) is 26.2 Å². The van der Waals surface area contributed by atoms with Gasteiger partial charge < -0.3 is 15.4 Å². The lowest BCUT2D eigenvalue weighted by Gasteiger charge is -2.11. The molecule has 0 bridgehead atoms. The summed E-state index contributed by atoms with van der Waals surface area (Å²) in [6.45, 7) is 2.73. The molecule has 128 valence electrons. The number of aryl methyl sites for hydroxylation is 1. The summed E-state index contributed by atoms with van der Waals surface area (Å²) < 4.78 is 7.07. The van der Waals surface area contributed by atoms with Gasteiger partial charge in [0, 0.05) is 5.69 Å². The number of benzene rings is 2. The molecule has 0 spiro atoms. The van der Waals surface area contributed by atoms with Crippen LogP contribution < -0.4 is 15.4 Å². The van der Waals surface area contributed by atoms with E-state index in [9.17, 15) is 4.79 Å². The van der Waals surface area contributed by atoms with Gasteiger partial charge in [0.2, 0.25) is 0 Å². The normalized spacial score (nSPS) is 10.3. The van der Waals surface area contributed by atoms with Gasteiger partial charge in [-0.3, -0.25) is 0 Å². The number of carbonyl (C=O) groups is 1. The van der Waals surface area contributed by atoms with Gasteiger partial charge in [0.05, 0.1) is 12.2 Å². The van der Waals surface area contributed by atoms with Crippen LogP contribution >= 0.6 is 0 Å². The van der Waals surface area contributed by atoms with Crippen molar-refractivity contribution in [3.8, 4) is 11.4 Å². The third-order valence-corrected chi connectivity index (χ3v) is 3.46. The molecule has 3 rings (SSSR count). The van der Waals surface area contributed by atoms with Gasteiger partial charge in [0.15, 0.2) is 0 Å². The molecule has 25 heavy (non-hydrogen) atoms. The lowest BCUT2D eigenvalue weighted by Crippen LogP contribution is -2.32. The Morgan fingerprint density at radius 3 is 2.80 bits per heavy atom. The van der Waals surface area contributed by atoms with Gasteiger partial charge in [-0.25, -0.2) is 9.48 Å². The fourth-order valence-electron chi connectivity index (χ4n) is 2.23. The number of rotatable bonds is 6. The van der Waals surface area contributed by atoms with Crippen molar-refractivity contribution in [3.63, 3.8) is 0 Å². The van der Waals surface area contributed by atoms with Crippen molar-refractivity contribution in [2.45, 2.75) is 6.92 Å². The molecule has 1 heterocycles. The summed E-state index contributed by atoms with van der Waals surface area (Å²) in [5, 5.41) is 16.6. The van der Waals surface area contributed by atoms with E-state index < -0.39 is 0 Å². The summed E-state index contributed by atoms with van der Waals surface area (Å²) in [4.78, 5) is 12.0. The van der Waals surface area contributed by atoms with Crippen molar-refractivity contribution in [3.05, 3.63) is 60.4 Å². The third kappa shape index (κ3) is 4.54. The zero-order valence-electron chi connectivity index (χ0n) is 13.7. The van der Waals surface area contributed by atoms with E-state index in [-0.39, 0.29) is 6.03 Å².